The molecule has 0 aliphatic carbocycles. The Morgan fingerprint density at radius 3 is 2.94 bits per heavy atom. The first-order valence-electron chi connectivity index (χ1n) is 6.22. The fourth-order valence-corrected chi connectivity index (χ4v) is 1.98. The molecule has 0 aromatic heterocycles. The van der Waals surface area contributed by atoms with Crippen LogP contribution in [0.15, 0.2) is 0 Å². The number of nitrogens with two attached hydrogens (primary N) is 1. The van der Waals surface area contributed by atoms with Crippen molar-refractivity contribution in [1.82, 2.24) is 4.90 Å². The van der Waals surface area contributed by atoms with Gasteiger partial charge in [-0.15, -0.1) is 0 Å². The summed E-state index contributed by atoms with van der Waals surface area (Å²) in [6, 6.07) is 0.0836. The summed E-state index contributed by atoms with van der Waals surface area (Å²) in [6.07, 6.45) is 2.74. The van der Waals surface area contributed by atoms with Gasteiger partial charge in [-0.1, -0.05) is 20.3 Å². The Hall–Kier alpha value is -0.610. The molecule has 0 radical (unpaired) electrons. The van der Waals surface area contributed by atoms with Gasteiger partial charge in [0.1, 0.15) is 0 Å². The molecule has 1 saturated heterocycles. The molecule has 4 heteroatoms. The van der Waals surface area contributed by atoms with E-state index in [1.807, 2.05) is 4.90 Å². The molecule has 1 rings (SSSR count). The minimum atomic E-state index is 0.0836. The van der Waals surface area contributed by atoms with Crippen LogP contribution >= 0.6 is 0 Å². The van der Waals surface area contributed by atoms with Gasteiger partial charge in [0.15, 0.2) is 0 Å². The zero-order valence-corrected chi connectivity index (χ0v) is 10.4. The van der Waals surface area contributed by atoms with E-state index in [2.05, 4.69) is 13.8 Å². The molecule has 94 valence electrons. The van der Waals surface area contributed by atoms with Gasteiger partial charge in [-0.2, -0.15) is 0 Å². The Kier molecular flexibility index (Phi) is 5.77. The number of morpholine rings is 1. The fourth-order valence-electron chi connectivity index (χ4n) is 1.98. The number of ether oxygens (including phenoxy) is 1. The molecule has 1 aliphatic rings. The van der Waals surface area contributed by atoms with Crippen molar-refractivity contribution < 1.29 is 9.53 Å². The lowest BCUT2D eigenvalue weighted by Gasteiger charge is -2.35. The van der Waals surface area contributed by atoms with Crippen LogP contribution in [-0.2, 0) is 9.53 Å². The highest BCUT2D eigenvalue weighted by Gasteiger charge is 2.25. The standard InChI is InChI=1S/C12H24N2O2/c1-10(2)4-3-5-12(15)14-6-7-16-9-11(14)8-13/h10-11H,3-9,13H2,1-2H3. The van der Waals surface area contributed by atoms with E-state index in [1.165, 1.54) is 0 Å². The van der Waals surface area contributed by atoms with E-state index in [0.717, 1.165) is 12.8 Å². The number of hydrogen-bond donors (Lipinski definition) is 1. The third-order valence-corrected chi connectivity index (χ3v) is 2.99. The van der Waals surface area contributed by atoms with Crippen LogP contribution < -0.4 is 5.73 Å². The Morgan fingerprint density at radius 2 is 2.31 bits per heavy atom. The summed E-state index contributed by atoms with van der Waals surface area (Å²) in [5, 5.41) is 0. The summed E-state index contributed by atoms with van der Waals surface area (Å²) in [4.78, 5) is 13.9. The maximum Gasteiger partial charge on any atom is 0.223 e. The minimum Gasteiger partial charge on any atom is -0.377 e. The van der Waals surface area contributed by atoms with E-state index in [-0.39, 0.29) is 11.9 Å². The van der Waals surface area contributed by atoms with E-state index in [4.69, 9.17) is 10.5 Å². The van der Waals surface area contributed by atoms with Crippen molar-refractivity contribution in [2.75, 3.05) is 26.3 Å². The van der Waals surface area contributed by atoms with Crippen molar-refractivity contribution in [2.24, 2.45) is 11.7 Å². The summed E-state index contributed by atoms with van der Waals surface area (Å²) in [6.45, 7) is 6.79. The Labute approximate surface area is 98.1 Å². The van der Waals surface area contributed by atoms with Gasteiger partial charge in [0.05, 0.1) is 19.3 Å². The van der Waals surface area contributed by atoms with Crippen LogP contribution in [-0.4, -0.2) is 43.2 Å². The van der Waals surface area contributed by atoms with Gasteiger partial charge in [-0.25, -0.2) is 0 Å². The number of hydrogen-bond acceptors (Lipinski definition) is 3. The highest BCUT2D eigenvalue weighted by Crippen LogP contribution is 2.12. The first-order chi connectivity index (χ1) is 7.65. The van der Waals surface area contributed by atoms with E-state index in [0.29, 0.717) is 38.6 Å². The number of nitrogens with zero attached hydrogens (tertiary/aromatic N) is 1. The van der Waals surface area contributed by atoms with Crippen LogP contribution in [0.25, 0.3) is 0 Å². The van der Waals surface area contributed by atoms with E-state index in [9.17, 15) is 4.79 Å². The van der Waals surface area contributed by atoms with Gasteiger partial charge >= 0.3 is 0 Å². The van der Waals surface area contributed by atoms with E-state index in [1.54, 1.807) is 0 Å². The molecule has 0 spiro atoms. The summed E-state index contributed by atoms with van der Waals surface area (Å²) in [5.41, 5.74) is 5.63. The Morgan fingerprint density at radius 1 is 1.56 bits per heavy atom. The average Bonchev–Trinajstić information content (AvgIpc) is 2.28. The summed E-state index contributed by atoms with van der Waals surface area (Å²) < 4.78 is 5.32. The monoisotopic (exact) mass is 228 g/mol. The molecular weight excluding hydrogens is 204 g/mol. The van der Waals surface area contributed by atoms with Crippen molar-refractivity contribution in [2.45, 2.75) is 39.2 Å². The lowest BCUT2D eigenvalue weighted by Crippen LogP contribution is -2.52. The third kappa shape index (κ3) is 4.10. The summed E-state index contributed by atoms with van der Waals surface area (Å²) >= 11 is 0. The Balaban J connectivity index is 2.33. The first kappa shape index (κ1) is 13.5. The largest absolute Gasteiger partial charge is 0.377 e. The fraction of sp³-hybridized carbons (Fsp3) is 0.917. The Bertz CT molecular complexity index is 219. The SMILES string of the molecule is CC(C)CCCC(=O)N1CCOCC1CN. The molecule has 1 heterocycles. The molecule has 1 atom stereocenters. The van der Waals surface area contributed by atoms with Crippen molar-refractivity contribution >= 4 is 5.91 Å². The predicted molar refractivity (Wildman–Crippen MR) is 64.1 cm³/mol. The minimum absolute atomic E-state index is 0.0836. The average molecular weight is 228 g/mol. The second-order valence-electron chi connectivity index (χ2n) is 4.84. The topological polar surface area (TPSA) is 55.6 Å². The molecule has 16 heavy (non-hydrogen) atoms. The van der Waals surface area contributed by atoms with E-state index >= 15 is 0 Å². The lowest BCUT2D eigenvalue weighted by molar-refractivity contribution is -0.139. The van der Waals surface area contributed by atoms with Crippen LogP contribution in [0.4, 0.5) is 0 Å². The quantitative estimate of drug-likeness (QED) is 0.763. The second-order valence-corrected chi connectivity index (χ2v) is 4.84. The van der Waals surface area contributed by atoms with Crippen LogP contribution in [0.5, 0.6) is 0 Å². The van der Waals surface area contributed by atoms with Gasteiger partial charge < -0.3 is 15.4 Å². The van der Waals surface area contributed by atoms with Crippen LogP contribution in [0.3, 0.4) is 0 Å². The molecule has 0 saturated carbocycles. The number of carbonyl (C=O) groups is 1. The van der Waals surface area contributed by atoms with Gasteiger partial charge in [-0.05, 0) is 12.3 Å². The van der Waals surface area contributed by atoms with Crippen LogP contribution in [0, 0.1) is 5.92 Å². The van der Waals surface area contributed by atoms with Crippen molar-refractivity contribution in [1.29, 1.82) is 0 Å². The van der Waals surface area contributed by atoms with E-state index < -0.39 is 0 Å². The highest BCUT2D eigenvalue weighted by atomic mass is 16.5. The molecule has 0 aromatic carbocycles. The lowest BCUT2D eigenvalue weighted by atomic mass is 10.1. The van der Waals surface area contributed by atoms with Gasteiger partial charge in [-0.3, -0.25) is 4.79 Å². The second kappa shape index (κ2) is 6.86. The predicted octanol–water partition coefficient (Wildman–Crippen LogP) is 0.999. The normalized spacial score (nSPS) is 21.5. The smallest absolute Gasteiger partial charge is 0.223 e. The number of rotatable bonds is 5. The van der Waals surface area contributed by atoms with Crippen LogP contribution in [0.1, 0.15) is 33.1 Å². The molecule has 4 nitrogen and oxygen atoms in total. The first-order valence-corrected chi connectivity index (χ1v) is 6.22. The van der Waals surface area contributed by atoms with Crippen molar-refractivity contribution in [3.8, 4) is 0 Å². The zero-order valence-electron chi connectivity index (χ0n) is 10.4. The molecular formula is C12H24N2O2. The maximum atomic E-state index is 12.0. The molecule has 1 amide bonds. The summed E-state index contributed by atoms with van der Waals surface area (Å²) in [5.74, 6) is 0.905. The van der Waals surface area contributed by atoms with Gasteiger partial charge in [0, 0.05) is 19.5 Å². The molecule has 1 aliphatic heterocycles. The van der Waals surface area contributed by atoms with Gasteiger partial charge in [0.2, 0.25) is 5.91 Å². The zero-order chi connectivity index (χ0) is 12.0. The van der Waals surface area contributed by atoms with Gasteiger partial charge in [0.25, 0.3) is 0 Å². The molecule has 0 aromatic rings. The maximum absolute atomic E-state index is 12.0. The molecule has 0 bridgehead atoms. The molecule has 2 N–H and O–H groups in total. The summed E-state index contributed by atoms with van der Waals surface area (Å²) in [7, 11) is 0. The van der Waals surface area contributed by atoms with Crippen LogP contribution in [0.2, 0.25) is 0 Å². The molecule has 1 unspecified atom stereocenters. The van der Waals surface area contributed by atoms with Crippen molar-refractivity contribution in [3.05, 3.63) is 0 Å². The molecule has 1 fully saturated rings. The van der Waals surface area contributed by atoms with Crippen molar-refractivity contribution in [3.63, 3.8) is 0 Å². The highest BCUT2D eigenvalue weighted by molar-refractivity contribution is 5.76. The number of carbonyl (C=O) groups excluding carboxylic acids is 1. The number of amides is 1. The third-order valence-electron chi connectivity index (χ3n) is 2.99.